The summed E-state index contributed by atoms with van der Waals surface area (Å²) in [4.78, 5) is 18.0. The molecule has 1 amide bonds. The Kier molecular flexibility index (Phi) is 9.67. The van der Waals surface area contributed by atoms with Crippen molar-refractivity contribution in [3.05, 3.63) is 71.2 Å². The number of nitrogens with two attached hydrogens (primary N) is 1. The van der Waals surface area contributed by atoms with Crippen molar-refractivity contribution in [2.45, 2.75) is 71.6 Å². The number of aromatic nitrogens is 2. The molecule has 1 atom stereocenters. The maximum atomic E-state index is 13.0. The van der Waals surface area contributed by atoms with Gasteiger partial charge in [0.2, 0.25) is 0 Å². The molecule has 0 radical (unpaired) electrons. The van der Waals surface area contributed by atoms with Crippen molar-refractivity contribution in [1.29, 1.82) is 5.26 Å². The van der Waals surface area contributed by atoms with Crippen LogP contribution in [0.2, 0.25) is 0 Å². The summed E-state index contributed by atoms with van der Waals surface area (Å²) in [6, 6.07) is 14.4. The summed E-state index contributed by atoms with van der Waals surface area (Å²) in [5.41, 5.74) is 9.01. The molecule has 0 aliphatic carbocycles. The number of hydrogen-bond acceptors (Lipinski definition) is 6. The maximum absolute atomic E-state index is 13.0. The van der Waals surface area contributed by atoms with Crippen molar-refractivity contribution in [1.82, 2.24) is 14.9 Å². The Bertz CT molecular complexity index is 1270. The van der Waals surface area contributed by atoms with E-state index in [9.17, 15) is 15.2 Å². The van der Waals surface area contributed by atoms with E-state index in [1.165, 1.54) is 6.07 Å². The molecule has 0 aliphatic rings. The molecule has 0 aliphatic heterocycles. The predicted molar refractivity (Wildman–Crippen MR) is 149 cm³/mol. The molecule has 1 aromatic heterocycles. The smallest absolute Gasteiger partial charge is 0.251 e. The van der Waals surface area contributed by atoms with Gasteiger partial charge in [0.05, 0.1) is 23.4 Å². The van der Waals surface area contributed by atoms with Crippen molar-refractivity contribution >= 4 is 5.91 Å². The fourth-order valence-corrected chi connectivity index (χ4v) is 4.28. The number of imidazole rings is 1. The second-order valence-corrected chi connectivity index (χ2v) is 10.7. The van der Waals surface area contributed by atoms with Crippen LogP contribution < -0.4 is 15.8 Å². The van der Waals surface area contributed by atoms with Gasteiger partial charge in [-0.3, -0.25) is 4.79 Å². The molecule has 0 saturated heterocycles. The Balaban J connectivity index is 1.82. The second-order valence-electron chi connectivity index (χ2n) is 10.7. The van der Waals surface area contributed by atoms with Crippen LogP contribution in [0.15, 0.2) is 48.7 Å². The molecule has 4 N–H and O–H groups in total. The Morgan fingerprint density at radius 2 is 1.92 bits per heavy atom. The summed E-state index contributed by atoms with van der Waals surface area (Å²) in [5.74, 6) is 1.13. The zero-order chi connectivity index (χ0) is 27.9. The van der Waals surface area contributed by atoms with Crippen LogP contribution in [-0.4, -0.2) is 39.8 Å². The average Bonchev–Trinajstić information content (AvgIpc) is 3.32. The molecule has 2 aromatic carbocycles. The summed E-state index contributed by atoms with van der Waals surface area (Å²) < 4.78 is 7.83. The van der Waals surface area contributed by atoms with E-state index < -0.39 is 6.04 Å². The molecular weight excluding hydrogens is 478 g/mol. The Morgan fingerprint density at radius 1 is 1.21 bits per heavy atom. The van der Waals surface area contributed by atoms with E-state index in [0.29, 0.717) is 29.8 Å². The van der Waals surface area contributed by atoms with Gasteiger partial charge in [0.25, 0.3) is 5.91 Å². The third-order valence-corrected chi connectivity index (χ3v) is 6.11. The largest absolute Gasteiger partial charge is 0.490 e. The first-order chi connectivity index (χ1) is 18.1. The van der Waals surface area contributed by atoms with Gasteiger partial charge in [-0.25, -0.2) is 4.98 Å². The highest BCUT2D eigenvalue weighted by Crippen LogP contribution is 2.28. The van der Waals surface area contributed by atoms with Crippen LogP contribution in [0.25, 0.3) is 11.3 Å². The van der Waals surface area contributed by atoms with Gasteiger partial charge in [0, 0.05) is 35.9 Å². The first-order valence-corrected chi connectivity index (χ1v) is 13.1. The van der Waals surface area contributed by atoms with E-state index >= 15 is 0 Å². The predicted octanol–water partition coefficient (Wildman–Crippen LogP) is 4.71. The number of nitriles is 1. The molecule has 0 spiro atoms. The number of rotatable bonds is 11. The summed E-state index contributed by atoms with van der Waals surface area (Å²) in [6.45, 7) is 11.6. The van der Waals surface area contributed by atoms with E-state index in [4.69, 9.17) is 15.5 Å². The molecule has 0 fully saturated rings. The number of aliphatic hydroxyl groups excluding tert-OH is 1. The first kappa shape index (κ1) is 28.9. The SMILES string of the molecule is CC(C)Oc1ccc(C(=O)NC(CCO)c2ccc(-c3cn(CCCN)c(C(C)(C)C)n3)cc2)cc1C#N. The molecule has 38 heavy (non-hydrogen) atoms. The summed E-state index contributed by atoms with van der Waals surface area (Å²) in [7, 11) is 0. The van der Waals surface area contributed by atoms with Crippen LogP contribution >= 0.6 is 0 Å². The van der Waals surface area contributed by atoms with E-state index in [0.717, 1.165) is 35.6 Å². The Labute approximate surface area is 225 Å². The minimum Gasteiger partial charge on any atom is -0.490 e. The number of aliphatic hydroxyl groups is 1. The highest BCUT2D eigenvalue weighted by molar-refractivity contribution is 5.95. The molecule has 0 bridgehead atoms. The number of nitrogens with zero attached hydrogens (tertiary/aromatic N) is 3. The first-order valence-electron chi connectivity index (χ1n) is 13.1. The summed E-state index contributed by atoms with van der Waals surface area (Å²) in [5, 5.41) is 22.2. The topological polar surface area (TPSA) is 126 Å². The highest BCUT2D eigenvalue weighted by Gasteiger charge is 2.22. The van der Waals surface area contributed by atoms with E-state index in [-0.39, 0.29) is 24.0 Å². The monoisotopic (exact) mass is 517 g/mol. The highest BCUT2D eigenvalue weighted by atomic mass is 16.5. The third kappa shape index (κ3) is 7.21. The van der Waals surface area contributed by atoms with Crippen molar-refractivity contribution in [2.24, 2.45) is 5.73 Å². The van der Waals surface area contributed by atoms with Crippen molar-refractivity contribution in [3.63, 3.8) is 0 Å². The molecule has 202 valence electrons. The molecule has 8 heteroatoms. The van der Waals surface area contributed by atoms with Crippen LogP contribution in [0.5, 0.6) is 5.75 Å². The van der Waals surface area contributed by atoms with Gasteiger partial charge < -0.3 is 25.5 Å². The van der Waals surface area contributed by atoms with Crippen LogP contribution in [0.3, 0.4) is 0 Å². The number of ether oxygens (including phenoxy) is 1. The van der Waals surface area contributed by atoms with Crippen LogP contribution in [0.1, 0.15) is 80.8 Å². The van der Waals surface area contributed by atoms with Crippen LogP contribution in [0.4, 0.5) is 0 Å². The van der Waals surface area contributed by atoms with Gasteiger partial charge in [-0.15, -0.1) is 0 Å². The maximum Gasteiger partial charge on any atom is 0.251 e. The number of amides is 1. The molecule has 8 nitrogen and oxygen atoms in total. The zero-order valence-corrected chi connectivity index (χ0v) is 23.0. The number of aryl methyl sites for hydroxylation is 1. The van der Waals surface area contributed by atoms with Gasteiger partial charge in [-0.1, -0.05) is 45.0 Å². The standard InChI is InChI=1S/C30H39N5O3/c1-20(2)38-27-12-11-23(17-24(27)18-32)28(37)33-25(13-16-36)21-7-9-22(10-8-21)26-19-35(15-6-14-31)29(34-26)30(3,4)5/h7-12,17,19-20,25,36H,6,13-16,31H2,1-5H3,(H,33,37). The van der Waals surface area contributed by atoms with Gasteiger partial charge in [-0.2, -0.15) is 5.26 Å². The lowest BCUT2D eigenvalue weighted by Gasteiger charge is -2.19. The van der Waals surface area contributed by atoms with Gasteiger partial charge in [0.15, 0.2) is 0 Å². The van der Waals surface area contributed by atoms with Crippen LogP contribution in [0, 0.1) is 11.3 Å². The van der Waals surface area contributed by atoms with Gasteiger partial charge in [0.1, 0.15) is 17.6 Å². The molecule has 1 heterocycles. The summed E-state index contributed by atoms with van der Waals surface area (Å²) in [6.07, 6.45) is 3.21. The van der Waals surface area contributed by atoms with Crippen LogP contribution in [-0.2, 0) is 12.0 Å². The van der Waals surface area contributed by atoms with E-state index in [1.807, 2.05) is 38.1 Å². The fourth-order valence-electron chi connectivity index (χ4n) is 4.28. The lowest BCUT2D eigenvalue weighted by atomic mass is 9.95. The normalized spacial score (nSPS) is 12.3. The lowest BCUT2D eigenvalue weighted by molar-refractivity contribution is 0.0930. The third-order valence-electron chi connectivity index (χ3n) is 6.11. The Morgan fingerprint density at radius 3 is 2.50 bits per heavy atom. The number of hydrogen-bond donors (Lipinski definition) is 3. The minimum atomic E-state index is -0.397. The molecule has 1 unspecified atom stereocenters. The molecule has 3 aromatic rings. The quantitative estimate of drug-likeness (QED) is 0.338. The average molecular weight is 518 g/mol. The Hall–Kier alpha value is -3.67. The second kappa shape index (κ2) is 12.7. The number of benzene rings is 2. The van der Waals surface area contributed by atoms with Crippen molar-refractivity contribution in [2.75, 3.05) is 13.2 Å². The fraction of sp³-hybridized carbons (Fsp3) is 0.433. The molecule has 3 rings (SSSR count). The minimum absolute atomic E-state index is 0.0848. The molecular formula is C30H39N5O3. The number of nitrogens with one attached hydrogen (secondary N) is 1. The van der Waals surface area contributed by atoms with E-state index in [1.54, 1.807) is 12.1 Å². The van der Waals surface area contributed by atoms with Crippen molar-refractivity contribution < 1.29 is 14.6 Å². The van der Waals surface area contributed by atoms with Crippen molar-refractivity contribution in [3.8, 4) is 23.1 Å². The van der Waals surface area contributed by atoms with Gasteiger partial charge >= 0.3 is 0 Å². The number of carbonyl (C=O) groups is 1. The van der Waals surface area contributed by atoms with Gasteiger partial charge in [-0.05, 0) is 57.0 Å². The van der Waals surface area contributed by atoms with E-state index in [2.05, 4.69) is 42.9 Å². The lowest BCUT2D eigenvalue weighted by Crippen LogP contribution is -2.29. The summed E-state index contributed by atoms with van der Waals surface area (Å²) >= 11 is 0. The number of carbonyl (C=O) groups excluding carboxylic acids is 1. The zero-order valence-electron chi connectivity index (χ0n) is 23.0. The molecule has 0 saturated carbocycles.